The summed E-state index contributed by atoms with van der Waals surface area (Å²) in [5.41, 5.74) is 5.31. The van der Waals surface area contributed by atoms with Crippen LogP contribution in [0.25, 0.3) is 0 Å². The van der Waals surface area contributed by atoms with Gasteiger partial charge in [0, 0.05) is 34.1 Å². The summed E-state index contributed by atoms with van der Waals surface area (Å²) in [6, 6.07) is 1.05. The molecular weight excluding hydrogens is 285 g/mol. The van der Waals surface area contributed by atoms with Gasteiger partial charge in [-0.3, -0.25) is 0 Å². The summed E-state index contributed by atoms with van der Waals surface area (Å²) >= 11 is 0. The van der Waals surface area contributed by atoms with Crippen LogP contribution < -0.4 is 5.73 Å². The maximum atomic E-state index is 5.75. The molecule has 0 amide bonds. The second kappa shape index (κ2) is 25.0. The van der Waals surface area contributed by atoms with Gasteiger partial charge in [-0.25, -0.2) is 0 Å². The second-order valence-corrected chi connectivity index (χ2v) is 2.39. The number of hydrogen-bond acceptors (Lipinski definition) is 1. The van der Waals surface area contributed by atoms with Gasteiger partial charge in [-0.05, 0) is 0 Å². The normalized spacial score (nSPS) is 12.6. The molecular formula is C14H32N2Y-2. The fourth-order valence-corrected chi connectivity index (χ4v) is 0.981. The summed E-state index contributed by atoms with van der Waals surface area (Å²) in [6.07, 6.45) is 7.51. The Hall–Kier alpha value is 0.0539. The zero-order valence-electron chi connectivity index (χ0n) is 12.6. The van der Waals surface area contributed by atoms with Crippen molar-refractivity contribution < 1.29 is 34.1 Å². The van der Waals surface area contributed by atoms with Crippen molar-refractivity contribution in [2.24, 2.45) is 10.7 Å². The first-order chi connectivity index (χ1) is 7.79. The number of nitrogens with zero attached hydrogens (tertiary/aromatic N) is 1. The van der Waals surface area contributed by atoms with Crippen molar-refractivity contribution in [1.29, 1.82) is 0 Å². The molecule has 1 aliphatic rings. The summed E-state index contributed by atoms with van der Waals surface area (Å²) in [4.78, 5) is 4.05. The Balaban J connectivity index is -0.0000000623. The summed E-state index contributed by atoms with van der Waals surface area (Å²) in [5, 5.41) is 0. The van der Waals surface area contributed by atoms with E-state index in [-0.39, 0.29) is 40.1 Å². The predicted molar refractivity (Wildman–Crippen MR) is 79.4 cm³/mol. The standard InChI is InChI=1S/C8H12N2.2C2H6.2CH4.Y/c1-7(9)10-8-5-3-2-4-6-8;2*1-2;;;/h3,5H,1-2,4,6H2,(H2,9,10);2*1-2H3;2*1H4;/q-2;;;;;/i;;;1T;;. The van der Waals surface area contributed by atoms with E-state index in [4.69, 9.17) is 7.10 Å². The Morgan fingerprint density at radius 1 is 1.35 bits per heavy atom. The quantitative estimate of drug-likeness (QED) is 0.422. The summed E-state index contributed by atoms with van der Waals surface area (Å²) in [7, 11) is 1.25. The Labute approximate surface area is 137 Å². The van der Waals surface area contributed by atoms with Gasteiger partial charge in [0.05, 0.1) is 0 Å². The molecule has 0 heterocycles. The molecule has 0 unspecified atom stereocenters. The summed E-state index contributed by atoms with van der Waals surface area (Å²) in [5.74, 6) is 0.404. The molecule has 3 heteroatoms. The molecule has 0 aromatic rings. The maximum Gasteiger partial charge on any atom is 0.0194 e. The van der Waals surface area contributed by atoms with E-state index in [9.17, 15) is 0 Å². The van der Waals surface area contributed by atoms with Crippen molar-refractivity contribution in [3.8, 4) is 0 Å². The van der Waals surface area contributed by atoms with Crippen LogP contribution in [0, 0.1) is 13.0 Å². The molecule has 0 spiro atoms. The minimum Gasteiger partial charge on any atom is -0.463 e. The number of aliphatic imine (C=N–C) groups is 1. The van der Waals surface area contributed by atoms with Crippen LogP contribution in [0.15, 0.2) is 17.1 Å². The summed E-state index contributed by atoms with van der Waals surface area (Å²) in [6.45, 7) is 11.5. The zero-order valence-corrected chi connectivity index (χ0v) is 14.4. The van der Waals surface area contributed by atoms with Crippen LogP contribution in [0.3, 0.4) is 0 Å². The first kappa shape index (κ1) is 25.8. The molecule has 0 bridgehead atoms. The average molecular weight is 319 g/mol. The van der Waals surface area contributed by atoms with Crippen LogP contribution >= 0.6 is 0 Å². The minimum atomic E-state index is 0. The maximum absolute atomic E-state index is 5.75. The van der Waals surface area contributed by atoms with Crippen molar-refractivity contribution >= 4 is 5.84 Å². The zero-order chi connectivity index (χ0) is 13.4. The molecule has 2 N–H and O–H groups in total. The van der Waals surface area contributed by atoms with Crippen LogP contribution in [0.1, 0.15) is 63.2 Å². The molecule has 0 atom stereocenters. The Morgan fingerprint density at radius 2 is 1.82 bits per heavy atom. The third-order valence-corrected chi connectivity index (χ3v) is 1.40. The van der Waals surface area contributed by atoms with Gasteiger partial charge >= 0.3 is 0 Å². The molecule has 1 aliphatic carbocycles. The Morgan fingerprint density at radius 3 is 2.12 bits per heavy atom. The van der Waals surface area contributed by atoms with Gasteiger partial charge in [0.15, 0.2) is 0 Å². The number of hydrogen-bond donors (Lipinski definition) is 1. The van der Waals surface area contributed by atoms with Crippen LogP contribution in [0.2, 0.25) is 0 Å². The van der Waals surface area contributed by atoms with E-state index in [0.29, 0.717) is 5.84 Å². The molecule has 0 aliphatic heterocycles. The van der Waals surface area contributed by atoms with Gasteiger partial charge < -0.3 is 17.6 Å². The fraction of sp³-hybridized carbons (Fsp3) is 0.643. The third kappa shape index (κ3) is 21.8. The van der Waals surface area contributed by atoms with Crippen molar-refractivity contribution in [2.75, 3.05) is 0 Å². The molecule has 2 nitrogen and oxygen atoms in total. The van der Waals surface area contributed by atoms with Crippen molar-refractivity contribution in [3.05, 3.63) is 25.1 Å². The molecule has 0 saturated carbocycles. The van der Waals surface area contributed by atoms with Gasteiger partial charge in [-0.15, -0.1) is 5.84 Å². The second-order valence-electron chi connectivity index (χ2n) is 2.39. The molecule has 0 aromatic heterocycles. The number of nitrogens with two attached hydrogens (primary N) is 1. The Kier molecular flexibility index (Phi) is 38.0. The summed E-state index contributed by atoms with van der Waals surface area (Å²) < 4.78 is 5.75. The molecule has 0 aromatic carbocycles. The van der Waals surface area contributed by atoms with Gasteiger partial charge in [-0.1, -0.05) is 67.8 Å². The van der Waals surface area contributed by atoms with Gasteiger partial charge in [0.25, 0.3) is 0 Å². The predicted octanol–water partition coefficient (Wildman–Crippen LogP) is 4.77. The van der Waals surface area contributed by atoms with Crippen LogP contribution in [0.5, 0.6) is 0 Å². The number of rotatable bonds is 1. The van der Waals surface area contributed by atoms with Crippen molar-refractivity contribution in [1.82, 2.24) is 0 Å². The molecule has 1 radical (unpaired) electrons. The van der Waals surface area contributed by atoms with E-state index in [2.05, 4.69) is 18.0 Å². The van der Waals surface area contributed by atoms with Gasteiger partial charge in [0.1, 0.15) is 0 Å². The van der Waals surface area contributed by atoms with Crippen molar-refractivity contribution in [2.45, 2.75) is 61.8 Å². The average Bonchev–Trinajstić information content (AvgIpc) is 2.37. The minimum absolute atomic E-state index is 0. The number of allylic oxidation sites excluding steroid dienone is 1. The molecule has 1 rings (SSSR count). The first-order valence-electron chi connectivity index (χ1n) is 6.47. The molecule has 0 fully saturated rings. The molecule has 17 heavy (non-hydrogen) atoms. The van der Waals surface area contributed by atoms with E-state index in [1.54, 1.807) is 0 Å². The van der Waals surface area contributed by atoms with Gasteiger partial charge in [0.2, 0.25) is 0 Å². The van der Waals surface area contributed by atoms with E-state index < -0.39 is 0 Å². The fourth-order valence-electron chi connectivity index (χ4n) is 0.981. The van der Waals surface area contributed by atoms with Crippen LogP contribution in [-0.2, 0) is 32.7 Å². The largest absolute Gasteiger partial charge is 0.463 e. The van der Waals surface area contributed by atoms with E-state index >= 15 is 0 Å². The van der Waals surface area contributed by atoms with Gasteiger partial charge in [-0.2, -0.15) is 12.2 Å². The monoisotopic (exact) mass is 319 g/mol. The van der Waals surface area contributed by atoms with E-state index in [1.165, 1.54) is 13.8 Å². The number of amidine groups is 1. The molecule has 0 saturated heterocycles. The van der Waals surface area contributed by atoms with Crippen LogP contribution in [-0.4, -0.2) is 5.84 Å². The SMILES string of the molecule is C.CC.CC.[3H]C.[CH2-]C(N)=N[C-]1C=CCCC1.[Y]. The third-order valence-electron chi connectivity index (χ3n) is 1.40. The molecule has 103 valence electrons. The Bertz CT molecular complexity index is 167. The van der Waals surface area contributed by atoms with E-state index in [1.807, 2.05) is 33.8 Å². The first-order valence-corrected chi connectivity index (χ1v) is 5.47. The van der Waals surface area contributed by atoms with Crippen molar-refractivity contribution in [3.63, 3.8) is 0 Å². The van der Waals surface area contributed by atoms with E-state index in [0.717, 1.165) is 18.9 Å². The smallest absolute Gasteiger partial charge is 0.0194 e. The van der Waals surface area contributed by atoms with Crippen LogP contribution in [0.4, 0.5) is 0 Å². The topological polar surface area (TPSA) is 38.4 Å².